The predicted molar refractivity (Wildman–Crippen MR) is 89.5 cm³/mol. The van der Waals surface area contributed by atoms with E-state index in [1.165, 1.54) is 0 Å². The second kappa shape index (κ2) is 8.47. The number of hydrogen-bond donors (Lipinski definition) is 0. The first-order valence-electron chi connectivity index (χ1n) is 6.91. The van der Waals surface area contributed by atoms with Crippen LogP contribution in [0.4, 0.5) is 0 Å². The van der Waals surface area contributed by atoms with Crippen molar-refractivity contribution >= 4 is 21.6 Å². The lowest BCUT2D eigenvalue weighted by molar-refractivity contribution is 0.145. The number of alkyl halides is 1. The molecule has 0 radical (unpaired) electrons. The van der Waals surface area contributed by atoms with Gasteiger partial charge in [0.1, 0.15) is 18.1 Å². The number of oxime groups is 1. The molecule has 0 aromatic heterocycles. The summed E-state index contributed by atoms with van der Waals surface area (Å²) >= 11 is 3.43. The zero-order valence-corrected chi connectivity index (χ0v) is 13.5. The van der Waals surface area contributed by atoms with E-state index < -0.39 is 0 Å². The van der Waals surface area contributed by atoms with Crippen LogP contribution in [-0.4, -0.2) is 17.6 Å². The van der Waals surface area contributed by atoms with Gasteiger partial charge in [-0.25, -0.2) is 0 Å². The van der Waals surface area contributed by atoms with Crippen LogP contribution in [0.15, 0.2) is 59.8 Å². The maximum atomic E-state index is 5.76. The van der Waals surface area contributed by atoms with E-state index in [1.54, 1.807) is 0 Å². The van der Waals surface area contributed by atoms with E-state index in [0.29, 0.717) is 11.9 Å². The molecule has 0 bridgehead atoms. The van der Waals surface area contributed by atoms with Gasteiger partial charge in [0.2, 0.25) is 0 Å². The van der Waals surface area contributed by atoms with Gasteiger partial charge in [-0.2, -0.15) is 0 Å². The lowest BCUT2D eigenvalue weighted by Gasteiger charge is -2.07. The molecule has 110 valence electrons. The van der Waals surface area contributed by atoms with Crippen LogP contribution in [0, 0.1) is 0 Å². The topological polar surface area (TPSA) is 30.8 Å². The number of hydrogen-bond acceptors (Lipinski definition) is 3. The quantitative estimate of drug-likeness (QED) is 0.305. The maximum absolute atomic E-state index is 5.76. The summed E-state index contributed by atoms with van der Waals surface area (Å²) in [7, 11) is 0. The molecule has 2 rings (SSSR count). The monoisotopic (exact) mass is 347 g/mol. The van der Waals surface area contributed by atoms with E-state index in [4.69, 9.17) is 9.57 Å². The number of nitrogens with zero attached hydrogens (tertiary/aromatic N) is 1. The van der Waals surface area contributed by atoms with E-state index >= 15 is 0 Å². The van der Waals surface area contributed by atoms with E-state index in [0.717, 1.165) is 29.2 Å². The molecule has 0 atom stereocenters. The molecule has 0 aliphatic rings. The van der Waals surface area contributed by atoms with Crippen molar-refractivity contribution in [2.75, 3.05) is 11.9 Å². The van der Waals surface area contributed by atoms with Crippen LogP contribution in [0.25, 0.3) is 0 Å². The third-order valence-corrected chi connectivity index (χ3v) is 3.29. The van der Waals surface area contributed by atoms with E-state index in [9.17, 15) is 0 Å². The maximum Gasteiger partial charge on any atom is 0.127 e. The minimum Gasteiger partial charge on any atom is -0.457 e. The fraction of sp³-hybridized carbons (Fsp3) is 0.235. The van der Waals surface area contributed by atoms with E-state index in [1.807, 2.05) is 54.6 Å². The molecule has 0 heterocycles. The third-order valence-electron chi connectivity index (χ3n) is 2.76. The molecule has 0 aliphatic carbocycles. The van der Waals surface area contributed by atoms with Crippen molar-refractivity contribution in [3.05, 3.63) is 60.2 Å². The van der Waals surface area contributed by atoms with Gasteiger partial charge in [-0.1, -0.05) is 46.2 Å². The summed E-state index contributed by atoms with van der Waals surface area (Å²) in [6.45, 7) is 2.69. The smallest absolute Gasteiger partial charge is 0.127 e. The van der Waals surface area contributed by atoms with Crippen LogP contribution in [0.5, 0.6) is 11.5 Å². The molecule has 0 spiro atoms. The first kappa shape index (κ1) is 15.6. The molecule has 0 N–H and O–H groups in total. The van der Waals surface area contributed by atoms with Gasteiger partial charge >= 0.3 is 0 Å². The Hall–Kier alpha value is -1.81. The summed E-state index contributed by atoms with van der Waals surface area (Å²) in [5.41, 5.74) is 1.89. The van der Waals surface area contributed by atoms with Crippen molar-refractivity contribution in [3.63, 3.8) is 0 Å². The van der Waals surface area contributed by atoms with Crippen LogP contribution >= 0.6 is 15.9 Å². The van der Waals surface area contributed by atoms with Crippen molar-refractivity contribution in [2.45, 2.75) is 13.3 Å². The normalized spacial score (nSPS) is 11.2. The van der Waals surface area contributed by atoms with Gasteiger partial charge < -0.3 is 9.57 Å². The minimum atomic E-state index is 0.631. The third kappa shape index (κ3) is 4.90. The lowest BCUT2D eigenvalue weighted by atomic mass is 10.1. The molecule has 2 aromatic rings. The second-order valence-corrected chi connectivity index (χ2v) is 5.01. The predicted octanol–water partition coefficient (Wildman–Crippen LogP) is 5.00. The molecule has 0 fully saturated rings. The summed E-state index contributed by atoms with van der Waals surface area (Å²) in [4.78, 5) is 5.24. The number of benzene rings is 2. The van der Waals surface area contributed by atoms with Crippen LogP contribution < -0.4 is 4.74 Å². The highest BCUT2D eigenvalue weighted by Crippen LogP contribution is 2.21. The summed E-state index contributed by atoms with van der Waals surface area (Å²) < 4.78 is 5.76. The standard InChI is InChI=1S/C17H18BrNO2/c1-2-12-20-19-17(13-18)14-8-10-16(11-9-14)21-15-6-4-3-5-7-15/h3-11H,2,12-13H2,1H3. The molecule has 0 saturated carbocycles. The Morgan fingerprint density at radius 3 is 2.29 bits per heavy atom. The average molecular weight is 348 g/mol. The van der Waals surface area contributed by atoms with Crippen molar-refractivity contribution in [1.29, 1.82) is 0 Å². The van der Waals surface area contributed by atoms with Gasteiger partial charge in [-0.05, 0) is 42.8 Å². The molecule has 4 heteroatoms. The average Bonchev–Trinajstić information content (AvgIpc) is 2.54. The highest BCUT2D eigenvalue weighted by Gasteiger charge is 2.04. The molecule has 0 aliphatic heterocycles. The molecular weight excluding hydrogens is 330 g/mol. The van der Waals surface area contributed by atoms with Crippen LogP contribution in [0.2, 0.25) is 0 Å². The summed E-state index contributed by atoms with van der Waals surface area (Å²) in [6, 6.07) is 17.5. The van der Waals surface area contributed by atoms with Crippen molar-refractivity contribution in [3.8, 4) is 11.5 Å². The lowest BCUT2D eigenvalue weighted by Crippen LogP contribution is -2.03. The van der Waals surface area contributed by atoms with Gasteiger partial charge in [0.25, 0.3) is 0 Å². The molecule has 0 amide bonds. The highest BCUT2D eigenvalue weighted by molar-refractivity contribution is 9.09. The fourth-order valence-corrected chi connectivity index (χ4v) is 2.14. The largest absolute Gasteiger partial charge is 0.457 e. The zero-order valence-electron chi connectivity index (χ0n) is 12.0. The van der Waals surface area contributed by atoms with Crippen LogP contribution in [0.1, 0.15) is 18.9 Å². The Balaban J connectivity index is 2.05. The minimum absolute atomic E-state index is 0.631. The summed E-state index contributed by atoms with van der Waals surface area (Å²) in [5, 5.41) is 4.79. The van der Waals surface area contributed by atoms with Gasteiger partial charge in [0, 0.05) is 10.9 Å². The van der Waals surface area contributed by atoms with Gasteiger partial charge in [-0.15, -0.1) is 0 Å². The summed E-state index contributed by atoms with van der Waals surface area (Å²) in [5.74, 6) is 1.62. The van der Waals surface area contributed by atoms with Gasteiger partial charge in [-0.3, -0.25) is 0 Å². The second-order valence-electron chi connectivity index (χ2n) is 4.44. The Kier molecular flexibility index (Phi) is 6.28. The van der Waals surface area contributed by atoms with Gasteiger partial charge in [0.05, 0.1) is 5.71 Å². The molecule has 2 aromatic carbocycles. The van der Waals surface area contributed by atoms with E-state index in [-0.39, 0.29) is 0 Å². The van der Waals surface area contributed by atoms with Crippen molar-refractivity contribution in [1.82, 2.24) is 0 Å². The first-order chi connectivity index (χ1) is 10.3. The molecule has 3 nitrogen and oxygen atoms in total. The summed E-state index contributed by atoms with van der Waals surface area (Å²) in [6.07, 6.45) is 0.947. The number of rotatable bonds is 7. The van der Waals surface area contributed by atoms with Crippen molar-refractivity contribution < 1.29 is 9.57 Å². The SMILES string of the molecule is CCCON=C(CBr)c1ccc(Oc2ccccc2)cc1. The van der Waals surface area contributed by atoms with Gasteiger partial charge in [0.15, 0.2) is 0 Å². The zero-order chi connectivity index (χ0) is 14.9. The molecule has 21 heavy (non-hydrogen) atoms. The Labute approximate surface area is 133 Å². The highest BCUT2D eigenvalue weighted by atomic mass is 79.9. The number of halogens is 1. The number of ether oxygens (including phenoxy) is 1. The molecule has 0 saturated heterocycles. The fourth-order valence-electron chi connectivity index (χ4n) is 1.71. The number of para-hydroxylation sites is 1. The Bertz CT molecular complexity index is 567. The Morgan fingerprint density at radius 1 is 1.00 bits per heavy atom. The molecular formula is C17H18BrNO2. The van der Waals surface area contributed by atoms with E-state index in [2.05, 4.69) is 28.0 Å². The van der Waals surface area contributed by atoms with Crippen molar-refractivity contribution in [2.24, 2.45) is 5.16 Å². The van der Waals surface area contributed by atoms with Crippen LogP contribution in [0.3, 0.4) is 0 Å². The molecule has 0 unspecified atom stereocenters. The Morgan fingerprint density at radius 2 is 1.67 bits per heavy atom. The first-order valence-corrected chi connectivity index (χ1v) is 8.03. The van der Waals surface area contributed by atoms with Crippen LogP contribution in [-0.2, 0) is 4.84 Å².